The third-order valence-corrected chi connectivity index (χ3v) is 6.13. The molecule has 0 radical (unpaired) electrons. The smallest absolute Gasteiger partial charge is 0.231 e. The molecule has 8 nitrogen and oxygen atoms in total. The minimum Gasteiger partial charge on any atom is -0.379 e. The van der Waals surface area contributed by atoms with E-state index in [9.17, 15) is 9.18 Å². The molecule has 0 bridgehead atoms. The molecule has 0 aliphatic heterocycles. The zero-order chi connectivity index (χ0) is 22.6. The number of thioether (sulfide) groups is 1. The van der Waals surface area contributed by atoms with E-state index in [2.05, 4.69) is 30.8 Å². The van der Waals surface area contributed by atoms with Crippen molar-refractivity contribution in [3.63, 3.8) is 0 Å². The summed E-state index contributed by atoms with van der Waals surface area (Å²) in [7, 11) is 0. The van der Waals surface area contributed by atoms with Crippen LogP contribution < -0.4 is 10.6 Å². The van der Waals surface area contributed by atoms with Crippen molar-refractivity contribution in [1.29, 1.82) is 0 Å². The van der Waals surface area contributed by atoms with Crippen molar-refractivity contribution in [2.45, 2.75) is 37.4 Å². The minimum absolute atomic E-state index is 0.0360. The summed E-state index contributed by atoms with van der Waals surface area (Å²) in [5, 5.41) is 13.6. The van der Waals surface area contributed by atoms with Crippen molar-refractivity contribution in [2.24, 2.45) is 5.92 Å². The summed E-state index contributed by atoms with van der Waals surface area (Å²) >= 11 is 1.29. The lowest BCUT2D eigenvalue weighted by atomic mass is 10.0. The lowest BCUT2D eigenvalue weighted by molar-refractivity contribution is -0.117. The molecule has 1 aromatic carbocycles. The van der Waals surface area contributed by atoms with Crippen LogP contribution in [0.2, 0.25) is 0 Å². The number of nitrogens with one attached hydrogen (secondary N) is 3. The molecule has 166 valence electrons. The van der Waals surface area contributed by atoms with Gasteiger partial charge in [-0.1, -0.05) is 0 Å². The predicted molar refractivity (Wildman–Crippen MR) is 120 cm³/mol. The fourth-order valence-electron chi connectivity index (χ4n) is 3.73. The molecule has 1 aliphatic rings. The Hall–Kier alpha value is -3.21. The number of halogens is 2. The SMILES string of the molecule is CSc1c(F)c(NC(C)C)c2[nH]ncc2c1-c1cn2cc(NC(=O)[C@@H]3C[C@@H]3F)nc2cn1. The van der Waals surface area contributed by atoms with Crippen LogP contribution in [0.15, 0.2) is 29.7 Å². The van der Waals surface area contributed by atoms with E-state index in [1.54, 1.807) is 29.2 Å². The maximum Gasteiger partial charge on any atom is 0.231 e. The molecule has 32 heavy (non-hydrogen) atoms. The monoisotopic (exact) mass is 457 g/mol. The molecule has 3 N–H and O–H groups in total. The number of aromatic amines is 1. The van der Waals surface area contributed by atoms with Gasteiger partial charge in [0.1, 0.15) is 6.17 Å². The van der Waals surface area contributed by atoms with Crippen LogP contribution in [0, 0.1) is 11.7 Å². The van der Waals surface area contributed by atoms with Crippen LogP contribution in [0.5, 0.6) is 0 Å². The minimum atomic E-state index is -1.08. The molecule has 4 aromatic rings. The predicted octanol–water partition coefficient (Wildman–Crippen LogP) is 4.25. The summed E-state index contributed by atoms with van der Waals surface area (Å²) in [4.78, 5) is 21.3. The Morgan fingerprint density at radius 1 is 1.34 bits per heavy atom. The van der Waals surface area contributed by atoms with Gasteiger partial charge in [0.25, 0.3) is 0 Å². The Balaban J connectivity index is 1.59. The number of carbonyl (C=O) groups is 1. The zero-order valence-electron chi connectivity index (χ0n) is 17.6. The summed E-state index contributed by atoms with van der Waals surface area (Å²) < 4.78 is 30.3. The molecular weight excluding hydrogens is 436 g/mol. The quantitative estimate of drug-likeness (QED) is 0.374. The van der Waals surface area contributed by atoms with Gasteiger partial charge in [-0.2, -0.15) is 5.10 Å². The van der Waals surface area contributed by atoms with Crippen LogP contribution in [0.1, 0.15) is 20.3 Å². The molecule has 0 spiro atoms. The number of anilines is 2. The van der Waals surface area contributed by atoms with Crippen LogP contribution in [-0.2, 0) is 4.79 Å². The number of amides is 1. The lowest BCUT2D eigenvalue weighted by Gasteiger charge is -2.17. The van der Waals surface area contributed by atoms with Crippen LogP contribution in [0.4, 0.5) is 20.3 Å². The van der Waals surface area contributed by atoms with E-state index < -0.39 is 12.1 Å². The maximum absolute atomic E-state index is 15.5. The highest BCUT2D eigenvalue weighted by Crippen LogP contribution is 2.42. The van der Waals surface area contributed by atoms with Crippen molar-refractivity contribution in [3.05, 3.63) is 30.6 Å². The van der Waals surface area contributed by atoms with Gasteiger partial charge >= 0.3 is 0 Å². The molecule has 1 aliphatic carbocycles. The van der Waals surface area contributed by atoms with Crippen molar-refractivity contribution >= 4 is 45.7 Å². The number of hydrogen-bond acceptors (Lipinski definition) is 6. The number of carbonyl (C=O) groups excluding carboxylic acids is 1. The maximum atomic E-state index is 15.5. The van der Waals surface area contributed by atoms with Gasteiger partial charge in [-0.3, -0.25) is 14.9 Å². The third-order valence-electron chi connectivity index (χ3n) is 5.34. The highest BCUT2D eigenvalue weighted by molar-refractivity contribution is 7.98. The first-order valence-corrected chi connectivity index (χ1v) is 11.4. The molecule has 1 fully saturated rings. The van der Waals surface area contributed by atoms with Gasteiger partial charge in [-0.05, 0) is 26.5 Å². The number of aromatic nitrogens is 5. The first kappa shape index (κ1) is 20.7. The fourth-order valence-corrected chi connectivity index (χ4v) is 4.43. The number of benzene rings is 1. The van der Waals surface area contributed by atoms with Crippen molar-refractivity contribution in [2.75, 3.05) is 16.9 Å². The van der Waals surface area contributed by atoms with E-state index in [4.69, 9.17) is 0 Å². The number of alkyl halides is 1. The van der Waals surface area contributed by atoms with E-state index in [-0.39, 0.29) is 24.2 Å². The van der Waals surface area contributed by atoms with Crippen LogP contribution in [0.3, 0.4) is 0 Å². The molecule has 1 amide bonds. The third kappa shape index (κ3) is 3.46. The Labute approximate surface area is 186 Å². The highest BCUT2D eigenvalue weighted by Gasteiger charge is 2.43. The number of H-pyrrole nitrogens is 1. The Bertz CT molecular complexity index is 1350. The number of rotatable bonds is 6. The summed E-state index contributed by atoms with van der Waals surface area (Å²) in [6.07, 6.45) is 7.54. The molecule has 0 saturated heterocycles. The largest absolute Gasteiger partial charge is 0.379 e. The van der Waals surface area contributed by atoms with Gasteiger partial charge in [0.2, 0.25) is 5.91 Å². The first-order valence-electron chi connectivity index (χ1n) is 10.2. The number of hydrogen-bond donors (Lipinski definition) is 3. The van der Waals surface area contributed by atoms with Gasteiger partial charge in [-0.25, -0.2) is 13.8 Å². The summed E-state index contributed by atoms with van der Waals surface area (Å²) in [5.41, 5.74) is 2.59. The normalized spacial score (nSPS) is 17.9. The van der Waals surface area contributed by atoms with Gasteiger partial charge < -0.3 is 15.0 Å². The molecule has 2 atom stereocenters. The second-order valence-corrected chi connectivity index (χ2v) is 8.88. The molecule has 1 saturated carbocycles. The molecule has 5 rings (SSSR count). The molecular formula is C21H21F2N7OS. The standard InChI is InChI=1S/C21H21F2N7OS/c1-9(2)26-19-17(23)20(32-3)16(11-5-25-29-18(11)19)13-7-30-8-14(27-15(30)6-24-13)28-21(31)10-4-12(10)22/h5-10,12,26H,4H2,1-3H3,(H,25,29)(H,28,31)/t10-,12+/m1/s1. The van der Waals surface area contributed by atoms with Crippen LogP contribution >= 0.6 is 11.8 Å². The summed E-state index contributed by atoms with van der Waals surface area (Å²) in [6, 6.07) is 0.0360. The van der Waals surface area contributed by atoms with E-state index in [0.717, 1.165) is 5.39 Å². The van der Waals surface area contributed by atoms with Crippen LogP contribution in [-0.4, -0.2) is 48.9 Å². The van der Waals surface area contributed by atoms with Crippen molar-refractivity contribution in [3.8, 4) is 11.3 Å². The topological polar surface area (TPSA) is 100 Å². The van der Waals surface area contributed by atoms with Gasteiger partial charge in [-0.15, -0.1) is 11.8 Å². The van der Waals surface area contributed by atoms with E-state index in [0.29, 0.717) is 38.8 Å². The Morgan fingerprint density at radius 2 is 2.12 bits per heavy atom. The average Bonchev–Trinajstić information content (AvgIpc) is 3.13. The summed E-state index contributed by atoms with van der Waals surface area (Å²) in [6.45, 7) is 3.88. The molecule has 3 heterocycles. The number of fused-ring (bicyclic) bond motifs is 2. The molecule has 3 aromatic heterocycles. The Kier molecular flexibility index (Phi) is 5.00. The van der Waals surface area contributed by atoms with Crippen LogP contribution in [0.25, 0.3) is 27.8 Å². The zero-order valence-corrected chi connectivity index (χ0v) is 18.4. The molecule has 0 unspecified atom stereocenters. The first-order chi connectivity index (χ1) is 15.4. The molecule has 11 heteroatoms. The highest BCUT2D eigenvalue weighted by atomic mass is 32.2. The van der Waals surface area contributed by atoms with E-state index in [1.807, 2.05) is 20.1 Å². The number of imidazole rings is 1. The van der Waals surface area contributed by atoms with Gasteiger partial charge in [0.15, 0.2) is 17.3 Å². The fraction of sp³-hybridized carbons (Fsp3) is 0.333. The number of nitrogens with zero attached hydrogens (tertiary/aromatic N) is 4. The van der Waals surface area contributed by atoms with E-state index >= 15 is 4.39 Å². The second kappa shape index (κ2) is 7.73. The van der Waals surface area contributed by atoms with Crippen molar-refractivity contribution < 1.29 is 13.6 Å². The second-order valence-electron chi connectivity index (χ2n) is 8.07. The van der Waals surface area contributed by atoms with Gasteiger partial charge in [0, 0.05) is 23.2 Å². The Morgan fingerprint density at radius 3 is 2.81 bits per heavy atom. The summed E-state index contributed by atoms with van der Waals surface area (Å²) in [5.74, 6) is -1.04. The van der Waals surface area contributed by atoms with E-state index in [1.165, 1.54) is 11.8 Å². The van der Waals surface area contributed by atoms with Crippen molar-refractivity contribution in [1.82, 2.24) is 24.6 Å². The lowest BCUT2D eigenvalue weighted by Crippen LogP contribution is -2.15. The average molecular weight is 458 g/mol. The van der Waals surface area contributed by atoms with Gasteiger partial charge in [0.05, 0.1) is 46.3 Å².